The third-order valence-corrected chi connectivity index (χ3v) is 2.66. The summed E-state index contributed by atoms with van der Waals surface area (Å²) in [6.45, 7) is 4.33. The van der Waals surface area contributed by atoms with E-state index in [9.17, 15) is 4.79 Å². The number of pyridine rings is 1. The molecule has 1 aromatic carbocycles. The second kappa shape index (κ2) is 4.35. The normalized spacial score (nSPS) is 10.7. The Morgan fingerprint density at radius 1 is 1.06 bits per heavy atom. The van der Waals surface area contributed by atoms with E-state index in [1.165, 1.54) is 5.56 Å². The predicted octanol–water partition coefficient (Wildman–Crippen LogP) is 3.17. The molecule has 0 unspecified atom stereocenters. The van der Waals surface area contributed by atoms with E-state index >= 15 is 0 Å². The molecule has 0 atom stereocenters. The van der Waals surface area contributed by atoms with E-state index < -0.39 is 0 Å². The van der Waals surface area contributed by atoms with Crippen molar-refractivity contribution in [2.75, 3.05) is 0 Å². The van der Waals surface area contributed by atoms with E-state index in [0.717, 1.165) is 11.1 Å². The summed E-state index contributed by atoms with van der Waals surface area (Å²) >= 11 is 0. The standard InChI is InChI=1S/C14H15NO/c1-10(2)11-4-3-5-12(8-11)13-6-7-15-14(16)9-13/h3-10H,1-2H3,(H,15,16). The van der Waals surface area contributed by atoms with Gasteiger partial charge in [0, 0.05) is 12.3 Å². The Bertz CT molecular complexity index is 540. The molecule has 1 N–H and O–H groups in total. The third kappa shape index (κ3) is 2.22. The first-order chi connectivity index (χ1) is 7.66. The molecule has 0 radical (unpaired) electrons. The van der Waals surface area contributed by atoms with Gasteiger partial charge >= 0.3 is 0 Å². The van der Waals surface area contributed by atoms with Gasteiger partial charge in [-0.25, -0.2) is 0 Å². The van der Waals surface area contributed by atoms with Crippen LogP contribution >= 0.6 is 0 Å². The monoisotopic (exact) mass is 213 g/mol. The number of aromatic amines is 1. The van der Waals surface area contributed by atoms with Crippen LogP contribution in [0, 0.1) is 0 Å². The second-order valence-corrected chi connectivity index (χ2v) is 4.22. The molecular weight excluding hydrogens is 198 g/mol. The third-order valence-electron chi connectivity index (χ3n) is 2.66. The van der Waals surface area contributed by atoms with E-state index in [4.69, 9.17) is 0 Å². The average Bonchev–Trinajstić information content (AvgIpc) is 2.29. The highest BCUT2D eigenvalue weighted by Gasteiger charge is 2.02. The zero-order chi connectivity index (χ0) is 11.5. The summed E-state index contributed by atoms with van der Waals surface area (Å²) in [5.41, 5.74) is 3.29. The molecule has 2 rings (SSSR count). The molecule has 82 valence electrons. The Balaban J connectivity index is 2.48. The van der Waals surface area contributed by atoms with Crippen LogP contribution in [0.2, 0.25) is 0 Å². The number of benzene rings is 1. The highest BCUT2D eigenvalue weighted by Crippen LogP contribution is 2.22. The summed E-state index contributed by atoms with van der Waals surface area (Å²) in [4.78, 5) is 13.9. The summed E-state index contributed by atoms with van der Waals surface area (Å²) in [6, 6.07) is 11.9. The van der Waals surface area contributed by atoms with E-state index in [0.29, 0.717) is 5.92 Å². The van der Waals surface area contributed by atoms with Crippen LogP contribution in [0.15, 0.2) is 47.4 Å². The van der Waals surface area contributed by atoms with Crippen LogP contribution in [0.3, 0.4) is 0 Å². The summed E-state index contributed by atoms with van der Waals surface area (Å²) in [7, 11) is 0. The Labute approximate surface area is 95.0 Å². The van der Waals surface area contributed by atoms with Gasteiger partial charge in [0.25, 0.3) is 0 Å². The van der Waals surface area contributed by atoms with Crippen molar-refractivity contribution in [1.82, 2.24) is 4.98 Å². The Kier molecular flexibility index (Phi) is 2.91. The van der Waals surface area contributed by atoms with Gasteiger partial charge in [0.15, 0.2) is 0 Å². The van der Waals surface area contributed by atoms with Crippen molar-refractivity contribution in [3.05, 3.63) is 58.5 Å². The fraction of sp³-hybridized carbons (Fsp3) is 0.214. The smallest absolute Gasteiger partial charge is 0.248 e. The Morgan fingerprint density at radius 3 is 2.50 bits per heavy atom. The van der Waals surface area contributed by atoms with Gasteiger partial charge in [-0.3, -0.25) is 4.79 Å². The van der Waals surface area contributed by atoms with Gasteiger partial charge in [0.2, 0.25) is 5.56 Å². The largest absolute Gasteiger partial charge is 0.329 e. The highest BCUT2D eigenvalue weighted by atomic mass is 16.1. The molecule has 2 aromatic rings. The quantitative estimate of drug-likeness (QED) is 0.816. The zero-order valence-corrected chi connectivity index (χ0v) is 9.53. The fourth-order valence-electron chi connectivity index (χ4n) is 1.70. The maximum atomic E-state index is 11.2. The van der Waals surface area contributed by atoms with Gasteiger partial charge in [-0.05, 0) is 28.7 Å². The maximum Gasteiger partial charge on any atom is 0.248 e. The van der Waals surface area contributed by atoms with Crippen molar-refractivity contribution in [2.45, 2.75) is 19.8 Å². The van der Waals surface area contributed by atoms with Crippen molar-refractivity contribution < 1.29 is 0 Å². The Hall–Kier alpha value is -1.83. The first-order valence-corrected chi connectivity index (χ1v) is 5.46. The molecule has 2 nitrogen and oxygen atoms in total. The lowest BCUT2D eigenvalue weighted by Crippen LogP contribution is -2.02. The molecule has 0 amide bonds. The minimum absolute atomic E-state index is 0.0625. The molecule has 0 aliphatic carbocycles. The minimum atomic E-state index is -0.0625. The highest BCUT2D eigenvalue weighted by molar-refractivity contribution is 5.63. The average molecular weight is 213 g/mol. The van der Waals surface area contributed by atoms with Gasteiger partial charge in [-0.1, -0.05) is 38.1 Å². The van der Waals surface area contributed by atoms with E-state index in [2.05, 4.69) is 31.0 Å². The van der Waals surface area contributed by atoms with Crippen LogP contribution in [0.5, 0.6) is 0 Å². The number of aromatic nitrogens is 1. The fourth-order valence-corrected chi connectivity index (χ4v) is 1.70. The van der Waals surface area contributed by atoms with Gasteiger partial charge in [0.1, 0.15) is 0 Å². The number of rotatable bonds is 2. The van der Waals surface area contributed by atoms with Gasteiger partial charge in [0.05, 0.1) is 0 Å². The van der Waals surface area contributed by atoms with Crippen LogP contribution in [0.1, 0.15) is 25.3 Å². The number of hydrogen-bond donors (Lipinski definition) is 1. The predicted molar refractivity (Wildman–Crippen MR) is 66.6 cm³/mol. The second-order valence-electron chi connectivity index (χ2n) is 4.22. The molecule has 2 heteroatoms. The lowest BCUT2D eigenvalue weighted by atomic mass is 9.98. The molecule has 0 spiro atoms. The van der Waals surface area contributed by atoms with Crippen LogP contribution in [-0.4, -0.2) is 4.98 Å². The van der Waals surface area contributed by atoms with Crippen LogP contribution in [-0.2, 0) is 0 Å². The summed E-state index contributed by atoms with van der Waals surface area (Å²) in [6.07, 6.45) is 1.68. The molecule has 1 heterocycles. The number of hydrogen-bond acceptors (Lipinski definition) is 1. The van der Waals surface area contributed by atoms with E-state index in [1.54, 1.807) is 12.3 Å². The molecular formula is C14H15NO. The number of H-pyrrole nitrogens is 1. The van der Waals surface area contributed by atoms with Crippen LogP contribution < -0.4 is 5.56 Å². The van der Waals surface area contributed by atoms with Crippen molar-refractivity contribution >= 4 is 0 Å². The summed E-state index contributed by atoms with van der Waals surface area (Å²) in [5.74, 6) is 0.502. The zero-order valence-electron chi connectivity index (χ0n) is 9.53. The van der Waals surface area contributed by atoms with E-state index in [1.807, 2.05) is 18.2 Å². The van der Waals surface area contributed by atoms with Crippen molar-refractivity contribution in [3.8, 4) is 11.1 Å². The molecule has 0 bridgehead atoms. The number of nitrogens with one attached hydrogen (secondary N) is 1. The maximum absolute atomic E-state index is 11.2. The molecule has 0 aliphatic heterocycles. The molecule has 0 fully saturated rings. The molecule has 0 saturated heterocycles. The van der Waals surface area contributed by atoms with Gasteiger partial charge in [-0.2, -0.15) is 0 Å². The molecule has 0 saturated carbocycles. The lowest BCUT2D eigenvalue weighted by Gasteiger charge is -2.07. The summed E-state index contributed by atoms with van der Waals surface area (Å²) in [5, 5.41) is 0. The van der Waals surface area contributed by atoms with Crippen LogP contribution in [0.25, 0.3) is 11.1 Å². The van der Waals surface area contributed by atoms with Gasteiger partial charge < -0.3 is 4.98 Å². The first kappa shape index (κ1) is 10.7. The lowest BCUT2D eigenvalue weighted by molar-refractivity contribution is 0.867. The summed E-state index contributed by atoms with van der Waals surface area (Å²) < 4.78 is 0. The molecule has 16 heavy (non-hydrogen) atoms. The SMILES string of the molecule is CC(C)c1cccc(-c2cc[nH]c(=O)c2)c1. The first-order valence-electron chi connectivity index (χ1n) is 5.46. The topological polar surface area (TPSA) is 32.9 Å². The van der Waals surface area contributed by atoms with Crippen molar-refractivity contribution in [3.63, 3.8) is 0 Å². The Morgan fingerprint density at radius 2 is 1.81 bits per heavy atom. The minimum Gasteiger partial charge on any atom is -0.329 e. The molecule has 0 aliphatic rings. The van der Waals surface area contributed by atoms with Gasteiger partial charge in [-0.15, -0.1) is 0 Å². The van der Waals surface area contributed by atoms with Crippen LogP contribution in [0.4, 0.5) is 0 Å². The van der Waals surface area contributed by atoms with Crippen molar-refractivity contribution in [2.24, 2.45) is 0 Å². The van der Waals surface area contributed by atoms with E-state index in [-0.39, 0.29) is 5.56 Å². The molecule has 1 aromatic heterocycles. The van der Waals surface area contributed by atoms with Crippen molar-refractivity contribution in [1.29, 1.82) is 0 Å².